The molecule has 0 aliphatic rings. The lowest BCUT2D eigenvalue weighted by molar-refractivity contribution is -0.276. The molecule has 2 N–H and O–H groups in total. The quantitative estimate of drug-likeness (QED) is 0.0562. The van der Waals surface area contributed by atoms with Crippen LogP contribution in [0.5, 0.6) is 57.5 Å². The van der Waals surface area contributed by atoms with E-state index in [-0.39, 0.29) is 27.2 Å². The monoisotopic (exact) mass is 1220 g/mol. The number of esters is 1. The predicted molar refractivity (Wildman–Crippen MR) is 238 cm³/mol. The van der Waals surface area contributed by atoms with Crippen LogP contribution < -0.4 is 48.5 Å². The number of benzene rings is 4. The minimum Gasteiger partial charge on any atom is -0.490 e. The first-order valence-corrected chi connectivity index (χ1v) is 21.1. The molecule has 0 radical (unpaired) electrons. The zero-order chi connectivity index (χ0) is 64.1. The smallest absolute Gasteiger partial charge is 0.490 e. The Balaban J connectivity index is 0.000000311. The first kappa shape index (κ1) is 52.4. The minimum absolute atomic E-state index is 0.00971. The number of aromatic nitrogens is 2. The minimum atomic E-state index is -5.45. The predicted octanol–water partition coefficient (Wildman–Crippen LogP) is 13.6. The molecule has 0 aliphatic carbocycles. The van der Waals surface area contributed by atoms with Crippen LogP contribution in [0.4, 0.5) is 81.6 Å². The van der Waals surface area contributed by atoms with Gasteiger partial charge in [-0.05, 0) is 102 Å². The first-order chi connectivity index (χ1) is 38.9. The van der Waals surface area contributed by atoms with Crippen LogP contribution in [0.2, 0.25) is 0 Å². The first-order valence-electron chi connectivity index (χ1n) is 23.3. The molecular formula is C46H29BrF16N4O12. The zero-order valence-corrected chi connectivity index (χ0v) is 40.2. The molecular weight excluding hydrogens is 1180 g/mol. The fraction of sp³-hybridized carbons (Fsp3) is 0.196. The van der Waals surface area contributed by atoms with E-state index in [0.717, 1.165) is 19.4 Å². The van der Waals surface area contributed by atoms with Gasteiger partial charge in [-0.25, -0.2) is 23.5 Å². The number of nitrogens with one attached hydrogen (secondary N) is 2. The van der Waals surface area contributed by atoms with Crippen molar-refractivity contribution in [1.82, 2.24) is 9.97 Å². The average molecular weight is 1220 g/mol. The highest BCUT2D eigenvalue weighted by Gasteiger charge is 2.38. The van der Waals surface area contributed by atoms with Gasteiger partial charge in [0, 0.05) is 23.8 Å². The van der Waals surface area contributed by atoms with Crippen LogP contribution in [0, 0.1) is 37.1 Å². The number of nitrogens with zero attached hydrogens (tertiary/aromatic N) is 2. The Labute approximate surface area is 447 Å². The van der Waals surface area contributed by atoms with Crippen molar-refractivity contribution >= 4 is 45.1 Å². The summed E-state index contributed by atoms with van der Waals surface area (Å²) in [5.41, 5.74) is -2.68. The molecule has 6 rings (SSSR count). The van der Waals surface area contributed by atoms with E-state index >= 15 is 8.78 Å². The summed E-state index contributed by atoms with van der Waals surface area (Å²) in [5, 5.41) is 4.34. The topological polar surface area (TPSA) is 184 Å². The van der Waals surface area contributed by atoms with Crippen LogP contribution in [-0.2, 0) is 4.74 Å². The molecule has 33 heteroatoms. The molecule has 2 amide bonds. The Kier molecular flexibility index (Phi) is 16.2. The molecule has 0 saturated heterocycles. The number of hydrogen-bond acceptors (Lipinski definition) is 14. The molecule has 2 aromatic heterocycles. The number of carbonyl (C=O) groups excluding carboxylic acids is 3. The van der Waals surface area contributed by atoms with E-state index < -0.39 is 149 Å². The number of methoxy groups -OCH3 is 3. The second kappa shape index (κ2) is 24.3. The summed E-state index contributed by atoms with van der Waals surface area (Å²) in [6.07, 6.45) is -19.3. The number of ether oxygens (including phenoxy) is 9. The molecule has 0 spiro atoms. The normalized spacial score (nSPS) is 13.0. The number of pyridine rings is 2. The van der Waals surface area contributed by atoms with Gasteiger partial charge in [0.05, 0.1) is 29.4 Å². The maximum atomic E-state index is 15.4. The van der Waals surface area contributed by atoms with Gasteiger partial charge in [-0.2, -0.15) is 8.78 Å². The van der Waals surface area contributed by atoms with E-state index in [2.05, 4.69) is 69.7 Å². The van der Waals surface area contributed by atoms with Gasteiger partial charge in [-0.1, -0.05) is 0 Å². The summed E-state index contributed by atoms with van der Waals surface area (Å²) in [4.78, 5) is 45.8. The molecule has 0 aliphatic heterocycles. The van der Waals surface area contributed by atoms with Crippen molar-refractivity contribution in [2.75, 3.05) is 31.8 Å². The van der Waals surface area contributed by atoms with Crippen LogP contribution in [0.25, 0.3) is 0 Å². The second-order valence-electron chi connectivity index (χ2n) is 14.6. The van der Waals surface area contributed by atoms with E-state index in [1.54, 1.807) is 0 Å². The molecule has 16 nitrogen and oxygen atoms in total. The summed E-state index contributed by atoms with van der Waals surface area (Å²) in [5.74, 6) is -25.1. The lowest BCUT2D eigenvalue weighted by Crippen LogP contribution is -2.21. The highest BCUT2D eigenvalue weighted by molar-refractivity contribution is 9.10. The van der Waals surface area contributed by atoms with Crippen LogP contribution in [0.3, 0.4) is 0 Å². The van der Waals surface area contributed by atoms with Crippen molar-refractivity contribution in [3.05, 3.63) is 129 Å². The lowest BCUT2D eigenvalue weighted by Gasteiger charge is -2.18. The fourth-order valence-electron chi connectivity index (χ4n) is 5.99. The van der Waals surface area contributed by atoms with Gasteiger partial charge in [0.1, 0.15) is 32.9 Å². The number of amides is 2. The van der Waals surface area contributed by atoms with Crippen molar-refractivity contribution in [2.24, 2.45) is 0 Å². The molecule has 2 heterocycles. The summed E-state index contributed by atoms with van der Waals surface area (Å²) in [7, 11) is -5.97. The maximum absolute atomic E-state index is 15.4. The number of alkyl halides is 12. The van der Waals surface area contributed by atoms with Gasteiger partial charge < -0.3 is 53.3 Å². The van der Waals surface area contributed by atoms with Gasteiger partial charge in [0.2, 0.25) is 23.1 Å². The molecule has 0 unspecified atom stereocenters. The van der Waals surface area contributed by atoms with Gasteiger partial charge in [0.25, 0.3) is 11.8 Å². The molecule has 4 aromatic carbocycles. The molecule has 0 atom stereocenters. The van der Waals surface area contributed by atoms with Crippen molar-refractivity contribution in [3.8, 4) is 57.5 Å². The molecule has 0 bridgehead atoms. The Hall–Kier alpha value is -8.65. The second-order valence-corrected chi connectivity index (χ2v) is 15.4. The third kappa shape index (κ3) is 16.2. The van der Waals surface area contributed by atoms with Crippen LogP contribution in [-0.4, -0.2) is 74.4 Å². The Morgan fingerprint density at radius 2 is 0.835 bits per heavy atom. The summed E-state index contributed by atoms with van der Waals surface area (Å²) in [6, 6.07) is 5.73. The van der Waals surface area contributed by atoms with Crippen molar-refractivity contribution in [3.63, 3.8) is 0 Å². The highest BCUT2D eigenvalue weighted by atomic mass is 79.9. The molecule has 424 valence electrons. The summed E-state index contributed by atoms with van der Waals surface area (Å²) >= 11 is 3.04. The SMILES string of the molecule is [2H]C([2H])([2H])Oc1c(Oc2ccc(OC(F)(F)F)c(F)c2C(=O)Nc2cc(Br)ncc2C)ccc(OC(F)(F)F)c1F.[2H]C([2H])([2H])Oc1c(Oc2ccc(OC(F)(F)F)c(F)c2C(=O)Nc2cc(C(=O)OC)ncc2C)ccc(OC(F)(F)F)c1F. The average Bonchev–Trinajstić information content (AvgIpc) is 1.85. The van der Waals surface area contributed by atoms with Crippen molar-refractivity contribution < 1.29 is 135 Å². The van der Waals surface area contributed by atoms with Crippen molar-refractivity contribution in [1.29, 1.82) is 0 Å². The number of anilines is 2. The van der Waals surface area contributed by atoms with Gasteiger partial charge in [0.15, 0.2) is 46.1 Å². The standard InChI is InChI=1S/C24H16F8N2O7.C22H13BrF8N2O5/c1-10-9-33-12(22(36)38-3)8-11(10)34-21(35)17-13(4-5-14(18(17)25)40-23(27,28)29)39-16-7-6-15(41-24(30,31)32)19(26)20(16)37-2;1-9-8-32-15(23)7-10(9)33-20(34)16-11(3-4-12(17(16)24)37-21(26,27)28)36-14-6-5-13(38-22(29,30)31)18(25)19(14)35-2/h4-9H,1-3H3,(H,33,34,35);3-8H,1-2H3,(H,32,33,34)/i2*2D3. The molecule has 79 heavy (non-hydrogen) atoms. The van der Waals surface area contributed by atoms with E-state index in [1.807, 2.05) is 0 Å². The molecule has 0 saturated carbocycles. The van der Waals surface area contributed by atoms with Gasteiger partial charge in [-0.15, -0.1) is 52.7 Å². The van der Waals surface area contributed by atoms with E-state index in [9.17, 15) is 75.8 Å². The van der Waals surface area contributed by atoms with Gasteiger partial charge >= 0.3 is 31.4 Å². The van der Waals surface area contributed by atoms with Crippen LogP contribution >= 0.6 is 15.9 Å². The van der Waals surface area contributed by atoms with E-state index in [0.29, 0.717) is 54.1 Å². The van der Waals surface area contributed by atoms with E-state index in [1.165, 1.54) is 26.1 Å². The molecule has 0 fully saturated rings. The largest absolute Gasteiger partial charge is 0.573 e. The lowest BCUT2D eigenvalue weighted by atomic mass is 10.1. The summed E-state index contributed by atoms with van der Waals surface area (Å²) < 4.78 is 295. The van der Waals surface area contributed by atoms with Crippen molar-refractivity contribution in [2.45, 2.75) is 39.3 Å². The third-order valence-corrected chi connectivity index (χ3v) is 9.69. The summed E-state index contributed by atoms with van der Waals surface area (Å²) in [6.45, 7) is 2.84. The number of hydrogen-bond donors (Lipinski definition) is 2. The zero-order valence-electron chi connectivity index (χ0n) is 44.6. The Morgan fingerprint density at radius 3 is 1.19 bits per heavy atom. The third-order valence-electron chi connectivity index (χ3n) is 9.25. The van der Waals surface area contributed by atoms with Crippen LogP contribution in [0.1, 0.15) is 50.6 Å². The number of aryl methyl sites for hydroxylation is 2. The molecule has 6 aromatic rings. The number of halogens is 17. The van der Waals surface area contributed by atoms with Gasteiger partial charge in [-0.3, -0.25) is 9.59 Å². The fourth-order valence-corrected chi connectivity index (χ4v) is 6.32. The Bertz CT molecular complexity index is 3500. The van der Waals surface area contributed by atoms with E-state index in [4.69, 9.17) is 17.7 Å². The van der Waals surface area contributed by atoms with Crippen LogP contribution in [0.15, 0.2) is 77.7 Å². The maximum Gasteiger partial charge on any atom is 0.573 e. The number of rotatable bonds is 15. The highest BCUT2D eigenvalue weighted by Crippen LogP contribution is 2.45. The number of carbonyl (C=O) groups is 3. The Morgan fingerprint density at radius 1 is 0.506 bits per heavy atom.